The molecule has 1 N–H and O–H groups in total. The summed E-state index contributed by atoms with van der Waals surface area (Å²) in [5, 5.41) is 3.37. The van der Waals surface area contributed by atoms with Gasteiger partial charge < -0.3 is 10.2 Å². The van der Waals surface area contributed by atoms with Crippen molar-refractivity contribution in [3.05, 3.63) is 23.6 Å². The number of anilines is 1. The Balaban J connectivity index is 2.97. The number of halogens is 1. The summed E-state index contributed by atoms with van der Waals surface area (Å²) < 4.78 is 13.3. The summed E-state index contributed by atoms with van der Waals surface area (Å²) in [4.78, 5) is 6.27. The quantitative estimate of drug-likeness (QED) is 0.894. The van der Waals surface area contributed by atoms with Crippen LogP contribution in [0.1, 0.15) is 40.2 Å². The minimum absolute atomic E-state index is 0.0000102. The highest BCUT2D eigenvalue weighted by Crippen LogP contribution is 2.20. The largest absolute Gasteiger partial charge is 0.357 e. The number of nitrogens with one attached hydrogen (secondary N) is 1. The zero-order valence-electron chi connectivity index (χ0n) is 12.2. The molecule has 18 heavy (non-hydrogen) atoms. The molecule has 0 saturated heterocycles. The molecule has 1 aromatic rings. The van der Waals surface area contributed by atoms with Crippen LogP contribution in [0.25, 0.3) is 0 Å². The molecule has 1 heterocycles. The Morgan fingerprint density at radius 2 is 2.00 bits per heavy atom. The molecule has 0 fully saturated rings. The van der Waals surface area contributed by atoms with E-state index in [4.69, 9.17) is 0 Å². The highest BCUT2D eigenvalue weighted by atomic mass is 19.1. The monoisotopic (exact) mass is 253 g/mol. The van der Waals surface area contributed by atoms with Crippen LogP contribution in [-0.4, -0.2) is 23.6 Å². The smallest absolute Gasteiger partial charge is 0.141 e. The Hall–Kier alpha value is -1.16. The highest BCUT2D eigenvalue weighted by Gasteiger charge is 2.15. The summed E-state index contributed by atoms with van der Waals surface area (Å²) in [6, 6.07) is 1.89. The van der Waals surface area contributed by atoms with E-state index < -0.39 is 0 Å². The lowest BCUT2D eigenvalue weighted by atomic mass is 10.1. The summed E-state index contributed by atoms with van der Waals surface area (Å²) in [6.45, 7) is 11.1. The zero-order valence-corrected chi connectivity index (χ0v) is 12.2. The van der Waals surface area contributed by atoms with Gasteiger partial charge in [-0.1, -0.05) is 0 Å². The number of aromatic nitrogens is 1. The van der Waals surface area contributed by atoms with Crippen LogP contribution in [0.3, 0.4) is 0 Å². The minimum atomic E-state index is -0.290. The van der Waals surface area contributed by atoms with E-state index in [0.29, 0.717) is 12.6 Å². The van der Waals surface area contributed by atoms with E-state index in [-0.39, 0.29) is 11.4 Å². The molecular formula is C14H24FN3. The molecule has 0 atom stereocenters. The normalized spacial score (nSPS) is 12.0. The molecule has 102 valence electrons. The Kier molecular flexibility index (Phi) is 4.68. The van der Waals surface area contributed by atoms with Crippen molar-refractivity contribution in [2.75, 3.05) is 11.9 Å². The third-order valence-electron chi connectivity index (χ3n) is 2.83. The van der Waals surface area contributed by atoms with Gasteiger partial charge in [-0.2, -0.15) is 0 Å². The van der Waals surface area contributed by atoms with Gasteiger partial charge >= 0.3 is 0 Å². The third kappa shape index (κ3) is 4.26. The molecule has 3 nitrogen and oxygen atoms in total. The fourth-order valence-corrected chi connectivity index (χ4v) is 1.53. The summed E-state index contributed by atoms with van der Waals surface area (Å²) in [6.07, 6.45) is 1.27. The molecule has 0 unspecified atom stereocenters. The number of hydrogen-bond donors (Lipinski definition) is 1. The van der Waals surface area contributed by atoms with Crippen molar-refractivity contribution in [1.82, 2.24) is 10.3 Å². The van der Waals surface area contributed by atoms with Crippen LogP contribution in [0.4, 0.5) is 10.2 Å². The van der Waals surface area contributed by atoms with Gasteiger partial charge in [0.15, 0.2) is 0 Å². The van der Waals surface area contributed by atoms with E-state index in [9.17, 15) is 4.39 Å². The Morgan fingerprint density at radius 1 is 1.39 bits per heavy atom. The number of pyridine rings is 1. The maximum Gasteiger partial charge on any atom is 0.141 e. The average Bonchev–Trinajstić information content (AvgIpc) is 2.24. The van der Waals surface area contributed by atoms with Crippen LogP contribution in [0.15, 0.2) is 12.3 Å². The van der Waals surface area contributed by atoms with Gasteiger partial charge in [0.2, 0.25) is 0 Å². The Labute approximate surface area is 109 Å². The second-order valence-electron chi connectivity index (χ2n) is 5.94. The molecular weight excluding hydrogens is 229 g/mol. The molecule has 0 saturated carbocycles. The fraction of sp³-hybridized carbons (Fsp3) is 0.643. The van der Waals surface area contributed by atoms with Crippen LogP contribution in [-0.2, 0) is 6.54 Å². The molecule has 0 bridgehead atoms. The van der Waals surface area contributed by atoms with Crippen molar-refractivity contribution in [3.8, 4) is 0 Å². The van der Waals surface area contributed by atoms with Gasteiger partial charge in [0.25, 0.3) is 0 Å². The van der Waals surface area contributed by atoms with Crippen molar-refractivity contribution in [2.45, 2.75) is 52.7 Å². The number of hydrogen-bond acceptors (Lipinski definition) is 3. The van der Waals surface area contributed by atoms with Crippen molar-refractivity contribution >= 4 is 5.82 Å². The molecule has 0 aliphatic rings. The van der Waals surface area contributed by atoms with E-state index in [1.807, 2.05) is 7.05 Å². The van der Waals surface area contributed by atoms with E-state index in [1.165, 1.54) is 6.20 Å². The van der Waals surface area contributed by atoms with Gasteiger partial charge in [-0.3, -0.25) is 0 Å². The third-order valence-corrected chi connectivity index (χ3v) is 2.83. The van der Waals surface area contributed by atoms with Crippen LogP contribution in [0.5, 0.6) is 0 Å². The van der Waals surface area contributed by atoms with Gasteiger partial charge in [-0.25, -0.2) is 9.37 Å². The lowest BCUT2D eigenvalue weighted by Gasteiger charge is -2.27. The van der Waals surface area contributed by atoms with E-state index >= 15 is 0 Å². The SMILES string of the molecule is CC(C)N(C)c1ncc(F)cc1CNC(C)(C)C. The maximum absolute atomic E-state index is 13.3. The second-order valence-corrected chi connectivity index (χ2v) is 5.94. The van der Waals surface area contributed by atoms with E-state index in [2.05, 4.69) is 49.8 Å². The molecule has 0 spiro atoms. The number of rotatable bonds is 4. The molecule has 0 aliphatic heterocycles. The molecule has 4 heteroatoms. The standard InChI is InChI=1S/C14H24FN3/c1-10(2)18(6)13-11(7-12(15)9-16-13)8-17-14(3,4)5/h7,9-10,17H,8H2,1-6H3. The predicted molar refractivity (Wildman–Crippen MR) is 74.3 cm³/mol. The summed E-state index contributed by atoms with van der Waals surface area (Å²) in [5.74, 6) is 0.546. The fourth-order valence-electron chi connectivity index (χ4n) is 1.53. The first-order valence-electron chi connectivity index (χ1n) is 6.33. The molecule has 0 amide bonds. The van der Waals surface area contributed by atoms with Crippen LogP contribution in [0.2, 0.25) is 0 Å². The maximum atomic E-state index is 13.3. The molecule has 0 aliphatic carbocycles. The molecule has 1 rings (SSSR count). The summed E-state index contributed by atoms with van der Waals surface area (Å²) in [7, 11) is 1.98. The van der Waals surface area contributed by atoms with Gasteiger partial charge in [0.1, 0.15) is 11.6 Å². The molecule has 0 aromatic carbocycles. The van der Waals surface area contributed by atoms with Gasteiger partial charge in [-0.15, -0.1) is 0 Å². The lowest BCUT2D eigenvalue weighted by molar-refractivity contribution is 0.423. The van der Waals surface area contributed by atoms with Crippen molar-refractivity contribution < 1.29 is 4.39 Å². The van der Waals surface area contributed by atoms with Crippen molar-refractivity contribution in [3.63, 3.8) is 0 Å². The zero-order chi connectivity index (χ0) is 13.9. The molecule has 0 radical (unpaired) electrons. The Morgan fingerprint density at radius 3 is 2.50 bits per heavy atom. The average molecular weight is 253 g/mol. The van der Waals surface area contributed by atoms with E-state index in [1.54, 1.807) is 6.07 Å². The van der Waals surface area contributed by atoms with E-state index in [0.717, 1.165) is 11.4 Å². The van der Waals surface area contributed by atoms with Crippen molar-refractivity contribution in [1.29, 1.82) is 0 Å². The second kappa shape index (κ2) is 5.65. The highest BCUT2D eigenvalue weighted by molar-refractivity contribution is 5.46. The van der Waals surface area contributed by atoms with Crippen LogP contribution in [0, 0.1) is 5.82 Å². The predicted octanol–water partition coefficient (Wildman–Crippen LogP) is 2.95. The first kappa shape index (κ1) is 14.9. The molecule has 1 aromatic heterocycles. The lowest BCUT2D eigenvalue weighted by Crippen LogP contribution is -2.36. The number of nitrogens with zero attached hydrogens (tertiary/aromatic N) is 2. The first-order chi connectivity index (χ1) is 8.20. The minimum Gasteiger partial charge on any atom is -0.357 e. The summed E-state index contributed by atoms with van der Waals surface area (Å²) in [5.41, 5.74) is 0.890. The van der Waals surface area contributed by atoms with Gasteiger partial charge in [0.05, 0.1) is 6.20 Å². The topological polar surface area (TPSA) is 28.2 Å². The van der Waals surface area contributed by atoms with Crippen LogP contribution >= 0.6 is 0 Å². The Bertz CT molecular complexity index is 397. The van der Waals surface area contributed by atoms with Gasteiger partial charge in [0, 0.05) is 30.7 Å². The van der Waals surface area contributed by atoms with Crippen LogP contribution < -0.4 is 10.2 Å². The first-order valence-corrected chi connectivity index (χ1v) is 6.33. The van der Waals surface area contributed by atoms with Crippen molar-refractivity contribution in [2.24, 2.45) is 0 Å². The summed E-state index contributed by atoms with van der Waals surface area (Å²) >= 11 is 0. The van der Waals surface area contributed by atoms with Gasteiger partial charge in [-0.05, 0) is 40.7 Å².